The van der Waals surface area contributed by atoms with Gasteiger partial charge in [0.2, 0.25) is 5.91 Å². The van der Waals surface area contributed by atoms with Crippen molar-refractivity contribution in [1.29, 1.82) is 0 Å². The summed E-state index contributed by atoms with van der Waals surface area (Å²) in [4.78, 5) is 28.9. The first-order valence-electron chi connectivity index (χ1n) is 9.17. The summed E-state index contributed by atoms with van der Waals surface area (Å²) in [6.45, 7) is 3.52. The Morgan fingerprint density at radius 2 is 1.63 bits per heavy atom. The van der Waals surface area contributed by atoms with Crippen molar-refractivity contribution in [3.05, 3.63) is 60.2 Å². The van der Waals surface area contributed by atoms with Gasteiger partial charge in [0.15, 0.2) is 0 Å². The van der Waals surface area contributed by atoms with Gasteiger partial charge in [-0.2, -0.15) is 0 Å². The molecule has 2 aromatic rings. The van der Waals surface area contributed by atoms with Crippen LogP contribution < -0.4 is 10.1 Å². The van der Waals surface area contributed by atoms with Crippen LogP contribution in [-0.2, 0) is 4.79 Å². The van der Waals surface area contributed by atoms with Crippen molar-refractivity contribution in [2.24, 2.45) is 0 Å². The van der Waals surface area contributed by atoms with Crippen molar-refractivity contribution >= 4 is 17.5 Å². The minimum Gasteiger partial charge on any atom is -0.496 e. The number of hydrogen-bond acceptors (Lipinski definition) is 4. The molecule has 0 aliphatic carbocycles. The van der Waals surface area contributed by atoms with Crippen LogP contribution in [0.2, 0.25) is 0 Å². The Morgan fingerprint density at radius 3 is 2.33 bits per heavy atom. The van der Waals surface area contributed by atoms with E-state index in [-0.39, 0.29) is 11.8 Å². The molecule has 6 nitrogen and oxygen atoms in total. The van der Waals surface area contributed by atoms with Crippen LogP contribution in [0.4, 0.5) is 5.69 Å². The molecule has 1 aliphatic rings. The van der Waals surface area contributed by atoms with Crippen molar-refractivity contribution in [1.82, 2.24) is 9.80 Å². The molecule has 142 valence electrons. The fourth-order valence-corrected chi connectivity index (χ4v) is 3.17. The highest BCUT2D eigenvalue weighted by atomic mass is 16.5. The van der Waals surface area contributed by atoms with E-state index < -0.39 is 0 Å². The van der Waals surface area contributed by atoms with Crippen LogP contribution in [0, 0.1) is 0 Å². The fraction of sp³-hybridized carbons (Fsp3) is 0.333. The van der Waals surface area contributed by atoms with Crippen LogP contribution in [-0.4, -0.2) is 61.4 Å². The molecule has 1 fully saturated rings. The SMILES string of the molecule is COc1ccccc1C(=O)N1CCN(CCC(=O)Nc2ccccc2)CC1. The molecule has 1 N–H and O–H groups in total. The molecule has 0 spiro atoms. The number of hydrogen-bond donors (Lipinski definition) is 1. The lowest BCUT2D eigenvalue weighted by molar-refractivity contribution is -0.116. The van der Waals surface area contributed by atoms with Crippen LogP contribution in [0.3, 0.4) is 0 Å². The Kier molecular flexibility index (Phi) is 6.44. The molecule has 0 unspecified atom stereocenters. The quantitative estimate of drug-likeness (QED) is 0.852. The number of anilines is 1. The summed E-state index contributed by atoms with van der Waals surface area (Å²) < 4.78 is 5.29. The van der Waals surface area contributed by atoms with Gasteiger partial charge in [0.25, 0.3) is 5.91 Å². The highest BCUT2D eigenvalue weighted by molar-refractivity contribution is 5.97. The first-order valence-corrected chi connectivity index (χ1v) is 9.17. The average Bonchev–Trinajstić information content (AvgIpc) is 2.73. The Balaban J connectivity index is 1.45. The molecule has 0 radical (unpaired) electrons. The first-order chi connectivity index (χ1) is 13.2. The number of ether oxygens (including phenoxy) is 1. The lowest BCUT2D eigenvalue weighted by atomic mass is 10.1. The van der Waals surface area contributed by atoms with Crippen molar-refractivity contribution in [2.45, 2.75) is 6.42 Å². The fourth-order valence-electron chi connectivity index (χ4n) is 3.17. The van der Waals surface area contributed by atoms with Crippen LogP contribution in [0.25, 0.3) is 0 Å². The smallest absolute Gasteiger partial charge is 0.257 e. The zero-order valence-electron chi connectivity index (χ0n) is 15.6. The van der Waals surface area contributed by atoms with E-state index >= 15 is 0 Å². The van der Waals surface area contributed by atoms with Crippen molar-refractivity contribution < 1.29 is 14.3 Å². The average molecular weight is 367 g/mol. The number of piperazine rings is 1. The number of methoxy groups -OCH3 is 1. The molecule has 0 saturated carbocycles. The summed E-state index contributed by atoms with van der Waals surface area (Å²) in [7, 11) is 1.57. The largest absolute Gasteiger partial charge is 0.496 e. The predicted molar refractivity (Wildman–Crippen MR) is 105 cm³/mol. The molecule has 27 heavy (non-hydrogen) atoms. The molecule has 1 aliphatic heterocycles. The molecule has 1 heterocycles. The van der Waals surface area contributed by atoms with E-state index in [1.165, 1.54) is 0 Å². The Hall–Kier alpha value is -2.86. The third-order valence-electron chi connectivity index (χ3n) is 4.71. The first kappa shape index (κ1) is 18.9. The van der Waals surface area contributed by atoms with Crippen molar-refractivity contribution in [3.63, 3.8) is 0 Å². The van der Waals surface area contributed by atoms with Crippen LogP contribution in [0.15, 0.2) is 54.6 Å². The number of carbonyl (C=O) groups is 2. The maximum Gasteiger partial charge on any atom is 0.257 e. The molecule has 2 amide bonds. The number of benzene rings is 2. The van der Waals surface area contributed by atoms with Gasteiger partial charge in [-0.15, -0.1) is 0 Å². The van der Waals surface area contributed by atoms with Crippen LogP contribution >= 0.6 is 0 Å². The lowest BCUT2D eigenvalue weighted by Gasteiger charge is -2.34. The molecule has 3 rings (SSSR count). The summed E-state index contributed by atoms with van der Waals surface area (Å²) in [5, 5.41) is 2.90. The van der Waals surface area contributed by atoms with Gasteiger partial charge in [-0.3, -0.25) is 14.5 Å². The number of amides is 2. The van der Waals surface area contributed by atoms with E-state index in [4.69, 9.17) is 4.74 Å². The van der Waals surface area contributed by atoms with Gasteiger partial charge in [-0.1, -0.05) is 30.3 Å². The molecular weight excluding hydrogens is 342 g/mol. The lowest BCUT2D eigenvalue weighted by Crippen LogP contribution is -2.49. The number of rotatable bonds is 6. The highest BCUT2D eigenvalue weighted by Crippen LogP contribution is 2.20. The zero-order valence-corrected chi connectivity index (χ0v) is 15.6. The predicted octanol–water partition coefficient (Wildman–Crippen LogP) is 2.48. The Bertz CT molecular complexity index is 771. The number of para-hydroxylation sites is 2. The Morgan fingerprint density at radius 1 is 0.963 bits per heavy atom. The second-order valence-electron chi connectivity index (χ2n) is 6.50. The van der Waals surface area contributed by atoms with E-state index in [2.05, 4.69) is 10.2 Å². The summed E-state index contributed by atoms with van der Waals surface area (Å²) in [5.74, 6) is 0.602. The summed E-state index contributed by atoms with van der Waals surface area (Å²) in [6.07, 6.45) is 0.440. The zero-order chi connectivity index (χ0) is 19.1. The minimum atomic E-state index is -0.00563. The maximum absolute atomic E-state index is 12.7. The monoisotopic (exact) mass is 367 g/mol. The molecule has 6 heteroatoms. The topological polar surface area (TPSA) is 61.9 Å². The second kappa shape index (κ2) is 9.19. The summed E-state index contributed by atoms with van der Waals surface area (Å²) >= 11 is 0. The molecule has 1 saturated heterocycles. The van der Waals surface area contributed by atoms with E-state index in [1.54, 1.807) is 19.2 Å². The van der Waals surface area contributed by atoms with E-state index in [1.807, 2.05) is 47.4 Å². The molecule has 0 atom stereocenters. The summed E-state index contributed by atoms with van der Waals surface area (Å²) in [5.41, 5.74) is 1.41. The normalized spacial score (nSPS) is 14.6. The number of nitrogens with zero attached hydrogens (tertiary/aromatic N) is 2. The van der Waals surface area contributed by atoms with Gasteiger partial charge in [0.1, 0.15) is 5.75 Å². The Labute approximate surface area is 159 Å². The molecule has 2 aromatic carbocycles. The minimum absolute atomic E-state index is 0.00563. The van der Waals surface area contributed by atoms with Crippen LogP contribution in [0.5, 0.6) is 5.75 Å². The van der Waals surface area contributed by atoms with Gasteiger partial charge >= 0.3 is 0 Å². The van der Waals surface area contributed by atoms with Crippen LogP contribution in [0.1, 0.15) is 16.8 Å². The maximum atomic E-state index is 12.7. The van der Waals surface area contributed by atoms with Gasteiger partial charge in [0.05, 0.1) is 12.7 Å². The van der Waals surface area contributed by atoms with Crippen molar-refractivity contribution in [3.8, 4) is 5.75 Å². The van der Waals surface area contributed by atoms with Gasteiger partial charge in [0, 0.05) is 44.8 Å². The number of carbonyl (C=O) groups excluding carboxylic acids is 2. The standard InChI is InChI=1S/C21H25N3O3/c1-27-19-10-6-5-9-18(19)21(26)24-15-13-23(14-16-24)12-11-20(25)22-17-7-3-2-4-8-17/h2-10H,11-16H2,1H3,(H,22,25). The summed E-state index contributed by atoms with van der Waals surface area (Å²) in [6, 6.07) is 16.8. The number of nitrogens with one attached hydrogen (secondary N) is 1. The van der Waals surface area contributed by atoms with Crippen molar-refractivity contribution in [2.75, 3.05) is 45.2 Å². The second-order valence-corrected chi connectivity index (χ2v) is 6.50. The highest BCUT2D eigenvalue weighted by Gasteiger charge is 2.24. The van der Waals surface area contributed by atoms with Gasteiger partial charge in [-0.25, -0.2) is 0 Å². The van der Waals surface area contributed by atoms with E-state index in [0.717, 1.165) is 18.8 Å². The van der Waals surface area contributed by atoms with E-state index in [9.17, 15) is 9.59 Å². The molecule has 0 bridgehead atoms. The van der Waals surface area contributed by atoms with E-state index in [0.29, 0.717) is 37.4 Å². The third kappa shape index (κ3) is 5.08. The van der Waals surface area contributed by atoms with Gasteiger partial charge in [-0.05, 0) is 24.3 Å². The molecule has 0 aromatic heterocycles. The molecular formula is C21H25N3O3. The third-order valence-corrected chi connectivity index (χ3v) is 4.71. The van der Waals surface area contributed by atoms with Gasteiger partial charge < -0.3 is 15.0 Å².